The van der Waals surface area contributed by atoms with E-state index >= 15 is 0 Å². The molecule has 3 heteroatoms. The summed E-state index contributed by atoms with van der Waals surface area (Å²) in [5, 5.41) is 3.48. The largest absolute Gasteiger partial charge is 0.381 e. The molecule has 0 atom stereocenters. The molecule has 2 nitrogen and oxygen atoms in total. The molecule has 14 heavy (non-hydrogen) atoms. The van der Waals surface area contributed by atoms with Crippen molar-refractivity contribution in [1.29, 1.82) is 0 Å². The molecule has 0 bridgehead atoms. The van der Waals surface area contributed by atoms with Crippen molar-refractivity contribution in [3.05, 3.63) is 28.7 Å². The normalized spacial score (nSPS) is 25.6. The Hall–Kier alpha value is -0.540. The Kier molecular flexibility index (Phi) is 3.08. The van der Waals surface area contributed by atoms with Crippen molar-refractivity contribution >= 4 is 21.6 Å². The number of benzene rings is 1. The molecule has 1 fully saturated rings. The molecule has 0 aliphatic heterocycles. The molecule has 0 spiro atoms. The molecular formula is C11H14BrNO. The summed E-state index contributed by atoms with van der Waals surface area (Å²) < 4.78 is 6.36. The minimum absolute atomic E-state index is 0.454. The van der Waals surface area contributed by atoms with Gasteiger partial charge in [0, 0.05) is 23.3 Å². The van der Waals surface area contributed by atoms with Gasteiger partial charge >= 0.3 is 0 Å². The average Bonchev–Trinajstić information content (AvgIpc) is 2.13. The maximum Gasteiger partial charge on any atom is 0.0610 e. The van der Waals surface area contributed by atoms with Crippen LogP contribution < -0.4 is 5.32 Å². The van der Waals surface area contributed by atoms with Crippen LogP contribution in [0, 0.1) is 0 Å². The molecule has 0 amide bonds. The summed E-state index contributed by atoms with van der Waals surface area (Å²) in [6.45, 7) is 0. The highest BCUT2D eigenvalue weighted by molar-refractivity contribution is 9.10. The lowest BCUT2D eigenvalue weighted by molar-refractivity contribution is 0.0328. The molecule has 0 radical (unpaired) electrons. The smallest absolute Gasteiger partial charge is 0.0610 e. The highest BCUT2D eigenvalue weighted by Crippen LogP contribution is 2.29. The highest BCUT2D eigenvalue weighted by Gasteiger charge is 2.28. The molecule has 1 aromatic rings. The molecule has 2 rings (SSSR count). The summed E-state index contributed by atoms with van der Waals surface area (Å²) in [5.74, 6) is 0. The molecule has 1 saturated carbocycles. The predicted octanol–water partition coefficient (Wildman–Crippen LogP) is 3.04. The van der Waals surface area contributed by atoms with E-state index < -0.39 is 0 Å². The molecule has 76 valence electrons. The lowest BCUT2D eigenvalue weighted by Gasteiger charge is -2.35. The lowest BCUT2D eigenvalue weighted by atomic mass is 9.89. The topological polar surface area (TPSA) is 21.3 Å². The van der Waals surface area contributed by atoms with E-state index in [1.807, 2.05) is 12.1 Å². The Labute approximate surface area is 92.8 Å². The maximum atomic E-state index is 5.23. The summed E-state index contributed by atoms with van der Waals surface area (Å²) in [4.78, 5) is 0. The Morgan fingerprint density at radius 3 is 2.71 bits per heavy atom. The number of nitrogens with one attached hydrogen (secondary N) is 1. The SMILES string of the molecule is COC1CC(Nc2ccccc2Br)C1. The quantitative estimate of drug-likeness (QED) is 0.897. The van der Waals surface area contributed by atoms with Crippen molar-refractivity contribution in [3.63, 3.8) is 0 Å². The van der Waals surface area contributed by atoms with Gasteiger partial charge in [-0.05, 0) is 40.9 Å². The summed E-state index contributed by atoms with van der Waals surface area (Å²) in [6, 6.07) is 8.77. The fourth-order valence-corrected chi connectivity index (χ4v) is 2.07. The van der Waals surface area contributed by atoms with Gasteiger partial charge in [0.05, 0.1) is 6.10 Å². The first kappa shape index (κ1) is 9.99. The standard InChI is InChI=1S/C11H14BrNO/c1-14-9-6-8(7-9)13-11-5-3-2-4-10(11)12/h2-5,8-9,13H,6-7H2,1H3. The van der Waals surface area contributed by atoms with Crippen LogP contribution in [0.25, 0.3) is 0 Å². The van der Waals surface area contributed by atoms with E-state index in [9.17, 15) is 0 Å². The van der Waals surface area contributed by atoms with Crippen LogP contribution in [-0.4, -0.2) is 19.3 Å². The fraction of sp³-hybridized carbons (Fsp3) is 0.455. The molecule has 0 aromatic heterocycles. The van der Waals surface area contributed by atoms with E-state index in [0.717, 1.165) is 17.3 Å². The summed E-state index contributed by atoms with van der Waals surface area (Å²) in [6.07, 6.45) is 2.67. The fourth-order valence-electron chi connectivity index (χ4n) is 1.67. The predicted molar refractivity (Wildman–Crippen MR) is 61.6 cm³/mol. The summed E-state index contributed by atoms with van der Waals surface area (Å²) in [7, 11) is 1.78. The number of halogens is 1. The van der Waals surface area contributed by atoms with Gasteiger partial charge in [0.1, 0.15) is 0 Å². The van der Waals surface area contributed by atoms with E-state index in [2.05, 4.69) is 33.4 Å². The molecule has 0 heterocycles. The summed E-state index contributed by atoms with van der Waals surface area (Å²) in [5.41, 5.74) is 1.17. The number of hydrogen-bond donors (Lipinski definition) is 1. The molecule has 1 N–H and O–H groups in total. The van der Waals surface area contributed by atoms with Gasteiger partial charge in [-0.3, -0.25) is 0 Å². The minimum Gasteiger partial charge on any atom is -0.381 e. The molecular weight excluding hydrogens is 242 g/mol. The molecule has 1 aliphatic rings. The third kappa shape index (κ3) is 2.10. The van der Waals surface area contributed by atoms with E-state index in [1.165, 1.54) is 5.69 Å². The second-order valence-electron chi connectivity index (χ2n) is 3.65. The summed E-state index contributed by atoms with van der Waals surface area (Å²) >= 11 is 3.52. The molecule has 0 saturated heterocycles. The van der Waals surface area contributed by atoms with Crippen LogP contribution in [-0.2, 0) is 4.74 Å². The van der Waals surface area contributed by atoms with Crippen LogP contribution in [0.2, 0.25) is 0 Å². The van der Waals surface area contributed by atoms with Crippen molar-refractivity contribution in [3.8, 4) is 0 Å². The van der Waals surface area contributed by atoms with Gasteiger partial charge in [0.15, 0.2) is 0 Å². The second kappa shape index (κ2) is 4.32. The first-order valence-corrected chi connectivity index (χ1v) is 5.62. The van der Waals surface area contributed by atoms with Gasteiger partial charge in [-0.2, -0.15) is 0 Å². The van der Waals surface area contributed by atoms with Crippen LogP contribution in [0.3, 0.4) is 0 Å². The van der Waals surface area contributed by atoms with Crippen LogP contribution in [0.4, 0.5) is 5.69 Å². The second-order valence-corrected chi connectivity index (χ2v) is 4.50. The Bertz CT molecular complexity index is 310. The van der Waals surface area contributed by atoms with Crippen molar-refractivity contribution in [2.24, 2.45) is 0 Å². The Balaban J connectivity index is 1.90. The van der Waals surface area contributed by atoms with Crippen molar-refractivity contribution in [1.82, 2.24) is 0 Å². The van der Waals surface area contributed by atoms with Gasteiger partial charge < -0.3 is 10.1 Å². The van der Waals surface area contributed by atoms with Crippen LogP contribution in [0.5, 0.6) is 0 Å². The third-order valence-corrected chi connectivity index (χ3v) is 3.35. The van der Waals surface area contributed by atoms with Crippen LogP contribution >= 0.6 is 15.9 Å². The van der Waals surface area contributed by atoms with E-state index in [1.54, 1.807) is 7.11 Å². The Morgan fingerprint density at radius 1 is 1.36 bits per heavy atom. The first-order chi connectivity index (χ1) is 6.79. The molecule has 0 unspecified atom stereocenters. The van der Waals surface area contributed by atoms with Gasteiger partial charge in [0.25, 0.3) is 0 Å². The maximum absolute atomic E-state index is 5.23. The van der Waals surface area contributed by atoms with E-state index in [4.69, 9.17) is 4.74 Å². The zero-order valence-corrected chi connectivity index (χ0v) is 9.75. The van der Waals surface area contributed by atoms with Crippen molar-refractivity contribution in [2.45, 2.75) is 25.0 Å². The number of methoxy groups -OCH3 is 1. The van der Waals surface area contributed by atoms with Gasteiger partial charge in [0.2, 0.25) is 0 Å². The number of ether oxygens (including phenoxy) is 1. The van der Waals surface area contributed by atoms with Gasteiger partial charge in [-0.1, -0.05) is 12.1 Å². The number of hydrogen-bond acceptors (Lipinski definition) is 2. The zero-order valence-electron chi connectivity index (χ0n) is 8.16. The zero-order chi connectivity index (χ0) is 9.97. The van der Waals surface area contributed by atoms with Crippen LogP contribution in [0.1, 0.15) is 12.8 Å². The lowest BCUT2D eigenvalue weighted by Crippen LogP contribution is -2.40. The molecule has 1 aliphatic carbocycles. The average molecular weight is 256 g/mol. The number of rotatable bonds is 3. The van der Waals surface area contributed by atoms with Crippen LogP contribution in [0.15, 0.2) is 28.7 Å². The van der Waals surface area contributed by atoms with Crippen molar-refractivity contribution < 1.29 is 4.74 Å². The third-order valence-electron chi connectivity index (χ3n) is 2.66. The minimum atomic E-state index is 0.454. The van der Waals surface area contributed by atoms with Gasteiger partial charge in [-0.25, -0.2) is 0 Å². The number of anilines is 1. The van der Waals surface area contributed by atoms with Crippen molar-refractivity contribution in [2.75, 3.05) is 12.4 Å². The number of para-hydroxylation sites is 1. The first-order valence-electron chi connectivity index (χ1n) is 4.83. The Morgan fingerprint density at radius 2 is 2.07 bits per heavy atom. The highest BCUT2D eigenvalue weighted by atomic mass is 79.9. The van der Waals surface area contributed by atoms with E-state index in [0.29, 0.717) is 12.1 Å². The monoisotopic (exact) mass is 255 g/mol. The molecule has 1 aromatic carbocycles. The van der Waals surface area contributed by atoms with E-state index in [-0.39, 0.29) is 0 Å². The van der Waals surface area contributed by atoms with Gasteiger partial charge in [-0.15, -0.1) is 0 Å².